The van der Waals surface area contributed by atoms with E-state index < -0.39 is 17.3 Å². The molecule has 0 amide bonds. The lowest BCUT2D eigenvalue weighted by atomic mass is 10.0. The molecule has 2 aromatic rings. The molecule has 2 aromatic heterocycles. The van der Waals surface area contributed by atoms with E-state index in [9.17, 15) is 9.59 Å². The van der Waals surface area contributed by atoms with Gasteiger partial charge >= 0.3 is 5.97 Å². The minimum atomic E-state index is -0.643. The molecule has 1 N–H and O–H groups in total. The number of halogens is 1. The maximum absolute atomic E-state index is 15.4. The van der Waals surface area contributed by atoms with E-state index in [2.05, 4.69) is 10.2 Å². The third kappa shape index (κ3) is 2.86. The number of ether oxygens (including phenoxy) is 1. The Morgan fingerprint density at radius 3 is 2.83 bits per heavy atom. The van der Waals surface area contributed by atoms with E-state index in [0.29, 0.717) is 23.6 Å². The summed E-state index contributed by atoms with van der Waals surface area (Å²) in [5.41, 5.74) is 2.55. The summed E-state index contributed by atoms with van der Waals surface area (Å²) >= 11 is 0. The van der Waals surface area contributed by atoms with Crippen molar-refractivity contribution >= 4 is 17.2 Å². The van der Waals surface area contributed by atoms with Gasteiger partial charge in [0.05, 0.1) is 24.0 Å². The maximum atomic E-state index is 15.4. The number of hydrogen-bond acceptors (Lipinski definition) is 5. The minimum Gasteiger partial charge on any atom is -0.462 e. The average Bonchev–Trinajstić information content (AvgIpc) is 3.30. The number of pyridine rings is 2. The van der Waals surface area contributed by atoms with Crippen molar-refractivity contribution in [1.29, 1.82) is 0 Å². The molecule has 0 radical (unpaired) electrons. The van der Waals surface area contributed by atoms with Crippen LogP contribution in [0.5, 0.6) is 0 Å². The van der Waals surface area contributed by atoms with E-state index >= 15 is 4.39 Å². The second-order valence-electron chi connectivity index (χ2n) is 8.45. The second kappa shape index (κ2) is 6.83. The molecule has 1 saturated carbocycles. The second-order valence-corrected chi connectivity index (χ2v) is 8.45. The van der Waals surface area contributed by atoms with Crippen molar-refractivity contribution in [3.8, 4) is 0 Å². The van der Waals surface area contributed by atoms with Gasteiger partial charge in [-0.15, -0.1) is 0 Å². The molecule has 0 spiro atoms. The van der Waals surface area contributed by atoms with Gasteiger partial charge in [0.2, 0.25) is 0 Å². The lowest BCUT2D eigenvalue weighted by Gasteiger charge is -2.29. The molecule has 0 unspecified atom stereocenters. The molecule has 1 aliphatic carbocycles. The van der Waals surface area contributed by atoms with Crippen LogP contribution in [-0.2, 0) is 4.74 Å². The zero-order chi connectivity index (χ0) is 20.3. The van der Waals surface area contributed by atoms with Crippen LogP contribution >= 0.6 is 0 Å². The highest BCUT2D eigenvalue weighted by Crippen LogP contribution is 2.44. The van der Waals surface area contributed by atoms with E-state index in [1.807, 2.05) is 6.92 Å². The number of carbonyl (C=O) groups is 1. The molecule has 0 aromatic carbocycles. The van der Waals surface area contributed by atoms with Crippen LogP contribution in [0.2, 0.25) is 0 Å². The predicted molar refractivity (Wildman–Crippen MR) is 108 cm³/mol. The zero-order valence-corrected chi connectivity index (χ0v) is 16.8. The Hall–Kier alpha value is -2.41. The molecule has 2 atom stereocenters. The van der Waals surface area contributed by atoms with E-state index in [1.165, 1.54) is 10.6 Å². The fraction of sp³-hybridized carbons (Fsp3) is 0.545. The number of anilines is 1. The third-order valence-electron chi connectivity index (χ3n) is 6.69. The monoisotopic (exact) mass is 399 g/mol. The van der Waals surface area contributed by atoms with Gasteiger partial charge < -0.3 is 15.0 Å². The standard InChI is InChI=1S/C22H26FN3O3/c1-3-29-22(28)16-8-15(13-4-5-13)19-12(2)20(17(23)11-26(19)21(16)27)25-7-6-14-9-24-10-18(14)25/h8,11,13-14,18,24H,3-7,9-10H2,1-2H3/t14-,18+/m1/s1. The van der Waals surface area contributed by atoms with Crippen molar-refractivity contribution in [3.05, 3.63) is 45.1 Å². The van der Waals surface area contributed by atoms with E-state index in [4.69, 9.17) is 4.74 Å². The zero-order valence-electron chi connectivity index (χ0n) is 16.8. The summed E-state index contributed by atoms with van der Waals surface area (Å²) in [6, 6.07) is 1.98. The van der Waals surface area contributed by atoms with Crippen LogP contribution in [0.3, 0.4) is 0 Å². The quantitative estimate of drug-likeness (QED) is 0.801. The molecular formula is C22H26FN3O3. The van der Waals surface area contributed by atoms with Gasteiger partial charge in [-0.2, -0.15) is 0 Å². The largest absolute Gasteiger partial charge is 0.462 e. The number of nitrogens with one attached hydrogen (secondary N) is 1. The highest BCUT2D eigenvalue weighted by Gasteiger charge is 2.40. The van der Waals surface area contributed by atoms with E-state index in [0.717, 1.165) is 55.5 Å². The molecule has 5 rings (SSSR count). The van der Waals surface area contributed by atoms with E-state index in [-0.39, 0.29) is 12.2 Å². The molecule has 6 nitrogen and oxygen atoms in total. The first-order valence-corrected chi connectivity index (χ1v) is 10.5. The Bertz CT molecular complexity index is 1060. The topological polar surface area (TPSA) is 63.1 Å². The number of carbonyl (C=O) groups excluding carboxylic acids is 1. The Labute approximate surface area is 168 Å². The summed E-state index contributed by atoms with van der Waals surface area (Å²) < 4.78 is 21.8. The van der Waals surface area contributed by atoms with Gasteiger partial charge in [0, 0.05) is 25.7 Å². The normalized spacial score (nSPS) is 23.6. The molecule has 4 heterocycles. The van der Waals surface area contributed by atoms with Gasteiger partial charge in [-0.05, 0) is 62.1 Å². The Morgan fingerprint density at radius 2 is 2.10 bits per heavy atom. The van der Waals surface area contributed by atoms with Crippen molar-refractivity contribution in [2.24, 2.45) is 5.92 Å². The van der Waals surface area contributed by atoms with Crippen LogP contribution in [0, 0.1) is 18.7 Å². The first kappa shape index (κ1) is 18.6. The first-order chi connectivity index (χ1) is 14.0. The van der Waals surface area contributed by atoms with Crippen molar-refractivity contribution in [1.82, 2.24) is 9.72 Å². The van der Waals surface area contributed by atoms with Crippen LogP contribution in [0.4, 0.5) is 10.1 Å². The summed E-state index contributed by atoms with van der Waals surface area (Å²) in [4.78, 5) is 27.5. The molecule has 3 aliphatic rings. The van der Waals surface area contributed by atoms with Gasteiger partial charge in [-0.25, -0.2) is 9.18 Å². The van der Waals surface area contributed by atoms with Crippen molar-refractivity contribution < 1.29 is 13.9 Å². The van der Waals surface area contributed by atoms with Crippen molar-refractivity contribution in [3.63, 3.8) is 0 Å². The number of fused-ring (bicyclic) bond motifs is 2. The summed E-state index contributed by atoms with van der Waals surface area (Å²) in [5, 5.41) is 3.41. The molecular weight excluding hydrogens is 373 g/mol. The summed E-state index contributed by atoms with van der Waals surface area (Å²) in [6.07, 6.45) is 4.34. The maximum Gasteiger partial charge on any atom is 0.343 e. The van der Waals surface area contributed by atoms with Gasteiger partial charge in [-0.3, -0.25) is 9.20 Å². The highest BCUT2D eigenvalue weighted by molar-refractivity contribution is 5.90. The number of esters is 1. The highest BCUT2D eigenvalue weighted by atomic mass is 19.1. The molecule has 29 heavy (non-hydrogen) atoms. The average molecular weight is 399 g/mol. The van der Waals surface area contributed by atoms with Crippen LogP contribution in [0.25, 0.3) is 5.52 Å². The minimum absolute atomic E-state index is 0.0148. The lowest BCUT2D eigenvalue weighted by molar-refractivity contribution is 0.0524. The molecule has 2 saturated heterocycles. The van der Waals surface area contributed by atoms with Crippen molar-refractivity contribution in [2.75, 3.05) is 31.1 Å². The Balaban J connectivity index is 1.73. The summed E-state index contributed by atoms with van der Waals surface area (Å²) in [6.45, 7) is 6.46. The number of nitrogens with zero attached hydrogens (tertiary/aromatic N) is 2. The van der Waals surface area contributed by atoms with Crippen LogP contribution in [0.15, 0.2) is 17.1 Å². The van der Waals surface area contributed by atoms with Crippen molar-refractivity contribution in [2.45, 2.75) is 45.1 Å². The Morgan fingerprint density at radius 1 is 1.31 bits per heavy atom. The number of aryl methyl sites for hydroxylation is 1. The van der Waals surface area contributed by atoms with Gasteiger partial charge in [0.25, 0.3) is 5.56 Å². The number of aromatic nitrogens is 1. The lowest BCUT2D eigenvalue weighted by Crippen LogP contribution is -2.36. The van der Waals surface area contributed by atoms with Crippen LogP contribution < -0.4 is 15.8 Å². The fourth-order valence-electron chi connectivity index (χ4n) is 5.18. The third-order valence-corrected chi connectivity index (χ3v) is 6.69. The van der Waals surface area contributed by atoms with Gasteiger partial charge in [0.1, 0.15) is 5.56 Å². The first-order valence-electron chi connectivity index (χ1n) is 10.5. The molecule has 7 heteroatoms. The molecule has 3 fully saturated rings. The predicted octanol–water partition coefficient (Wildman–Crippen LogP) is 2.60. The van der Waals surface area contributed by atoms with Crippen LogP contribution in [-0.4, -0.2) is 42.7 Å². The summed E-state index contributed by atoms with van der Waals surface area (Å²) in [5.74, 6) is -0.209. The number of rotatable bonds is 4. The summed E-state index contributed by atoms with van der Waals surface area (Å²) in [7, 11) is 0. The SMILES string of the molecule is CCOC(=O)c1cc(C2CC2)c2c(C)c(N3CC[C@@H]4CNC[C@@H]43)c(F)cn2c1=O. The van der Waals surface area contributed by atoms with Gasteiger partial charge in [-0.1, -0.05) is 0 Å². The number of hydrogen-bond donors (Lipinski definition) is 1. The molecule has 0 bridgehead atoms. The fourth-order valence-corrected chi connectivity index (χ4v) is 5.18. The smallest absolute Gasteiger partial charge is 0.343 e. The van der Waals surface area contributed by atoms with E-state index in [1.54, 1.807) is 13.0 Å². The molecule has 2 aliphatic heterocycles. The van der Waals surface area contributed by atoms with Crippen LogP contribution in [0.1, 0.15) is 53.6 Å². The Kier molecular flexibility index (Phi) is 4.38. The van der Waals surface area contributed by atoms with Gasteiger partial charge in [0.15, 0.2) is 5.82 Å². The molecule has 154 valence electrons.